The Morgan fingerprint density at radius 3 is 2.56 bits per heavy atom. The fourth-order valence-electron chi connectivity index (χ4n) is 3.05. The number of para-hydroxylation sites is 1. The van der Waals surface area contributed by atoms with Crippen LogP contribution >= 0.6 is 11.3 Å². The maximum Gasteiger partial charge on any atom is 0.280 e. The highest BCUT2D eigenvalue weighted by molar-refractivity contribution is 7.22. The zero-order chi connectivity index (χ0) is 19.4. The van der Waals surface area contributed by atoms with E-state index >= 15 is 0 Å². The third-order valence-corrected chi connectivity index (χ3v) is 5.85. The number of hydrogen-bond acceptors (Lipinski definition) is 5. The quantitative estimate of drug-likeness (QED) is 0.592. The third-order valence-electron chi connectivity index (χ3n) is 4.80. The lowest BCUT2D eigenvalue weighted by atomic mass is 10.2. The molecule has 3 aromatic rings. The Hall–Kier alpha value is -2.25. The van der Waals surface area contributed by atoms with Crippen LogP contribution in [0.4, 0.5) is 5.13 Å². The highest BCUT2D eigenvalue weighted by Crippen LogP contribution is 2.31. The number of thiazole rings is 1. The molecule has 0 radical (unpaired) electrons. The maximum atomic E-state index is 13.2. The normalized spacial score (nSPS) is 11.4. The molecule has 3 rings (SSSR count). The van der Waals surface area contributed by atoms with E-state index in [9.17, 15) is 4.79 Å². The van der Waals surface area contributed by atoms with Gasteiger partial charge in [0.15, 0.2) is 10.8 Å². The van der Waals surface area contributed by atoms with Gasteiger partial charge in [-0.2, -0.15) is 5.10 Å². The summed E-state index contributed by atoms with van der Waals surface area (Å²) in [6.07, 6.45) is 1.85. The molecule has 0 saturated heterocycles. The Labute approximate surface area is 164 Å². The van der Waals surface area contributed by atoms with E-state index in [1.807, 2.05) is 19.2 Å². The molecule has 0 saturated carbocycles. The van der Waals surface area contributed by atoms with Crippen LogP contribution in [0, 0.1) is 6.92 Å². The van der Waals surface area contributed by atoms with Gasteiger partial charge in [0.25, 0.3) is 5.91 Å². The Balaban J connectivity index is 1.94. The molecule has 0 aliphatic rings. The number of likely N-dealkylation sites (N-methyl/N-ethyl adjacent to an activating group) is 1. The van der Waals surface area contributed by atoms with Crippen molar-refractivity contribution in [1.82, 2.24) is 19.7 Å². The van der Waals surface area contributed by atoms with Gasteiger partial charge in [-0.1, -0.05) is 37.3 Å². The first-order chi connectivity index (χ1) is 13.1. The van der Waals surface area contributed by atoms with Gasteiger partial charge in [0.05, 0.1) is 10.2 Å². The van der Waals surface area contributed by atoms with Crippen molar-refractivity contribution < 1.29 is 4.79 Å². The molecule has 0 N–H and O–H groups in total. The van der Waals surface area contributed by atoms with Crippen LogP contribution in [0.5, 0.6) is 0 Å². The minimum atomic E-state index is -0.0916. The summed E-state index contributed by atoms with van der Waals surface area (Å²) in [6.45, 7) is 12.4. The number of hydrogen-bond donors (Lipinski definition) is 0. The fourth-order valence-corrected chi connectivity index (χ4v) is 4.11. The van der Waals surface area contributed by atoms with Crippen LogP contribution in [-0.2, 0) is 6.54 Å². The van der Waals surface area contributed by atoms with E-state index in [-0.39, 0.29) is 5.91 Å². The smallest absolute Gasteiger partial charge is 0.280 e. The van der Waals surface area contributed by atoms with Gasteiger partial charge < -0.3 is 4.90 Å². The summed E-state index contributed by atoms with van der Waals surface area (Å²) in [7, 11) is 0. The second-order valence-corrected chi connectivity index (χ2v) is 7.47. The molecule has 27 heavy (non-hydrogen) atoms. The number of rotatable bonds is 8. The average molecular weight is 386 g/mol. The molecule has 1 aromatic carbocycles. The minimum absolute atomic E-state index is 0.0916. The van der Waals surface area contributed by atoms with Crippen molar-refractivity contribution >= 4 is 32.6 Å². The lowest BCUT2D eigenvalue weighted by molar-refractivity contribution is 0.0978. The monoisotopic (exact) mass is 385 g/mol. The molecule has 7 heteroatoms. The zero-order valence-corrected chi connectivity index (χ0v) is 17.3. The summed E-state index contributed by atoms with van der Waals surface area (Å²) in [4.78, 5) is 22.1. The fraction of sp³-hybridized carbons (Fsp3) is 0.450. The zero-order valence-electron chi connectivity index (χ0n) is 16.5. The molecule has 2 heterocycles. The van der Waals surface area contributed by atoms with E-state index in [0.29, 0.717) is 12.2 Å². The van der Waals surface area contributed by atoms with Crippen molar-refractivity contribution in [3.05, 3.63) is 41.7 Å². The summed E-state index contributed by atoms with van der Waals surface area (Å²) in [5.74, 6) is -0.0916. The van der Waals surface area contributed by atoms with Crippen LogP contribution in [-0.4, -0.2) is 51.8 Å². The van der Waals surface area contributed by atoms with E-state index in [1.54, 1.807) is 27.0 Å². The van der Waals surface area contributed by atoms with Crippen molar-refractivity contribution in [1.29, 1.82) is 0 Å². The van der Waals surface area contributed by atoms with Crippen LogP contribution in [0.25, 0.3) is 10.2 Å². The number of nitrogens with zero attached hydrogens (tertiary/aromatic N) is 5. The number of aryl methyl sites for hydroxylation is 2. The van der Waals surface area contributed by atoms with Crippen molar-refractivity contribution in [3.8, 4) is 0 Å². The summed E-state index contributed by atoms with van der Waals surface area (Å²) in [6, 6.07) is 7.93. The first-order valence-corrected chi connectivity index (χ1v) is 10.3. The van der Waals surface area contributed by atoms with Crippen LogP contribution in [0.2, 0.25) is 0 Å². The summed E-state index contributed by atoms with van der Waals surface area (Å²) < 4.78 is 2.88. The molecule has 6 nitrogen and oxygen atoms in total. The standard InChI is InChI=1S/C20H27N5OS/c1-5-23(6-2)13-14-25(19(26)16-11-12-24(7-3)22-16)20-21-18-15(4)9-8-10-17(18)27-20/h8-12H,5-7,13-14H2,1-4H3. The van der Waals surface area contributed by atoms with E-state index in [0.717, 1.165) is 47.1 Å². The van der Waals surface area contributed by atoms with Gasteiger partial charge in [0, 0.05) is 25.8 Å². The van der Waals surface area contributed by atoms with Gasteiger partial charge in [-0.25, -0.2) is 4.98 Å². The SMILES string of the molecule is CCN(CC)CCN(C(=O)c1ccn(CC)n1)c1nc2c(C)cccc2s1. The number of carbonyl (C=O) groups is 1. The molecular weight excluding hydrogens is 358 g/mol. The van der Waals surface area contributed by atoms with Gasteiger partial charge in [0.1, 0.15) is 0 Å². The lowest BCUT2D eigenvalue weighted by Gasteiger charge is -2.24. The summed E-state index contributed by atoms with van der Waals surface area (Å²) in [5, 5.41) is 5.14. The van der Waals surface area contributed by atoms with Crippen molar-refractivity contribution in [3.63, 3.8) is 0 Å². The minimum Gasteiger partial charge on any atom is -0.302 e. The largest absolute Gasteiger partial charge is 0.302 e. The van der Waals surface area contributed by atoms with Crippen LogP contribution in [0.3, 0.4) is 0 Å². The Morgan fingerprint density at radius 1 is 1.15 bits per heavy atom. The second kappa shape index (κ2) is 8.63. The summed E-state index contributed by atoms with van der Waals surface area (Å²) >= 11 is 1.56. The first-order valence-electron chi connectivity index (χ1n) is 9.51. The molecular formula is C20H27N5OS. The van der Waals surface area contributed by atoms with Crippen LogP contribution < -0.4 is 4.90 Å². The Kier molecular flexibility index (Phi) is 6.23. The third kappa shape index (κ3) is 4.20. The Bertz CT molecular complexity index is 912. The number of fused-ring (bicyclic) bond motifs is 1. The molecule has 0 aliphatic carbocycles. The summed E-state index contributed by atoms with van der Waals surface area (Å²) in [5.41, 5.74) is 2.56. The second-order valence-electron chi connectivity index (χ2n) is 6.46. The van der Waals surface area contributed by atoms with Crippen LogP contribution in [0.15, 0.2) is 30.5 Å². The van der Waals surface area contributed by atoms with E-state index < -0.39 is 0 Å². The van der Waals surface area contributed by atoms with Crippen molar-refractivity contribution in [2.45, 2.75) is 34.2 Å². The molecule has 144 valence electrons. The molecule has 0 unspecified atom stereocenters. The van der Waals surface area contributed by atoms with Gasteiger partial charge in [0.2, 0.25) is 0 Å². The molecule has 0 atom stereocenters. The lowest BCUT2D eigenvalue weighted by Crippen LogP contribution is -2.39. The topological polar surface area (TPSA) is 54.3 Å². The molecule has 0 spiro atoms. The average Bonchev–Trinajstić information content (AvgIpc) is 3.32. The molecule has 0 aliphatic heterocycles. The number of benzene rings is 1. The van der Waals surface area contributed by atoms with Gasteiger partial charge in [-0.3, -0.25) is 14.4 Å². The molecule has 1 amide bonds. The van der Waals surface area contributed by atoms with E-state index in [1.165, 1.54) is 0 Å². The van der Waals surface area contributed by atoms with Gasteiger partial charge in [-0.05, 0) is 44.6 Å². The highest BCUT2D eigenvalue weighted by Gasteiger charge is 2.24. The van der Waals surface area contributed by atoms with Crippen molar-refractivity contribution in [2.75, 3.05) is 31.1 Å². The maximum absolute atomic E-state index is 13.2. The van der Waals surface area contributed by atoms with E-state index in [4.69, 9.17) is 4.98 Å². The number of carbonyl (C=O) groups excluding carboxylic acids is 1. The van der Waals surface area contributed by atoms with E-state index in [2.05, 4.69) is 42.9 Å². The van der Waals surface area contributed by atoms with Gasteiger partial charge >= 0.3 is 0 Å². The highest BCUT2D eigenvalue weighted by atomic mass is 32.1. The van der Waals surface area contributed by atoms with Crippen LogP contribution in [0.1, 0.15) is 36.8 Å². The molecule has 0 bridgehead atoms. The van der Waals surface area contributed by atoms with Crippen molar-refractivity contribution in [2.24, 2.45) is 0 Å². The predicted octanol–water partition coefficient (Wildman–Crippen LogP) is 3.81. The Morgan fingerprint density at radius 2 is 1.93 bits per heavy atom. The number of amides is 1. The van der Waals surface area contributed by atoms with Gasteiger partial charge in [-0.15, -0.1) is 0 Å². The number of anilines is 1. The molecule has 2 aromatic heterocycles. The number of aromatic nitrogens is 3. The molecule has 0 fully saturated rings. The first kappa shape index (κ1) is 19.5. The predicted molar refractivity (Wildman–Crippen MR) is 112 cm³/mol.